The van der Waals surface area contributed by atoms with Gasteiger partial charge in [0.25, 0.3) is 0 Å². The van der Waals surface area contributed by atoms with Gasteiger partial charge in [-0.25, -0.2) is 29.0 Å². The van der Waals surface area contributed by atoms with Crippen LogP contribution in [0.15, 0.2) is 43.0 Å². The van der Waals surface area contributed by atoms with E-state index in [2.05, 4.69) is 10.3 Å². The van der Waals surface area contributed by atoms with Gasteiger partial charge in [-0.05, 0) is 101 Å². The van der Waals surface area contributed by atoms with Crippen LogP contribution in [0, 0.1) is 0 Å². The molecule has 0 aliphatic carbocycles. The Kier molecular flexibility index (Phi) is 15.2. The normalized spacial score (nSPS) is 17.7. The van der Waals surface area contributed by atoms with Crippen molar-refractivity contribution in [1.29, 1.82) is 0 Å². The molecule has 0 spiro atoms. The van der Waals surface area contributed by atoms with E-state index in [9.17, 15) is 33.9 Å². The highest BCUT2D eigenvalue weighted by Gasteiger charge is 2.41. The number of aliphatic carboxylic acids is 1. The summed E-state index contributed by atoms with van der Waals surface area (Å²) in [6.07, 6.45) is 2.86. The Labute approximate surface area is 340 Å². The maximum atomic E-state index is 13.4. The number of carbonyl (C=O) groups is 6. The zero-order valence-electron chi connectivity index (χ0n) is 35.9. The topological polar surface area (TPSA) is 202 Å². The van der Waals surface area contributed by atoms with Crippen LogP contribution in [0.5, 0.6) is 0 Å². The Bertz CT molecular complexity index is 1760. The number of hydrogen-bond donors (Lipinski definition) is 2. The van der Waals surface area contributed by atoms with E-state index in [1.165, 1.54) is 14.7 Å². The lowest BCUT2D eigenvalue weighted by Gasteiger charge is -2.41. The van der Waals surface area contributed by atoms with Crippen molar-refractivity contribution in [1.82, 2.24) is 29.2 Å². The summed E-state index contributed by atoms with van der Waals surface area (Å²) in [7, 11) is 0. The number of ether oxygens (including phenoxy) is 4. The predicted molar refractivity (Wildman–Crippen MR) is 213 cm³/mol. The minimum Gasteiger partial charge on any atom is -0.480 e. The predicted octanol–water partition coefficient (Wildman–Crippen LogP) is 5.65. The van der Waals surface area contributed by atoms with E-state index in [-0.39, 0.29) is 39.3 Å². The molecule has 2 N–H and O–H groups in total. The van der Waals surface area contributed by atoms with Crippen molar-refractivity contribution in [2.45, 2.75) is 124 Å². The Morgan fingerprint density at radius 1 is 0.672 bits per heavy atom. The van der Waals surface area contributed by atoms with Gasteiger partial charge < -0.3 is 43.7 Å². The second-order valence-corrected chi connectivity index (χ2v) is 18.0. The number of aromatic nitrogens is 2. The van der Waals surface area contributed by atoms with E-state index in [0.717, 1.165) is 10.5 Å². The molecule has 322 valence electrons. The fourth-order valence-electron chi connectivity index (χ4n) is 5.63. The van der Waals surface area contributed by atoms with E-state index < -0.39 is 70.7 Å². The molecule has 2 saturated heterocycles. The summed E-state index contributed by atoms with van der Waals surface area (Å²) in [6, 6.07) is 5.34. The Hall–Kier alpha value is -5.55. The van der Waals surface area contributed by atoms with Crippen LogP contribution in [0.25, 0.3) is 0 Å². The van der Waals surface area contributed by atoms with Crippen molar-refractivity contribution >= 4 is 41.9 Å². The third-order valence-corrected chi connectivity index (χ3v) is 8.03. The van der Waals surface area contributed by atoms with E-state index in [1.807, 2.05) is 29.0 Å². The molecule has 2 aliphatic rings. The van der Waals surface area contributed by atoms with Crippen LogP contribution in [0.3, 0.4) is 0 Å². The van der Waals surface area contributed by atoms with Crippen molar-refractivity contribution in [3.63, 3.8) is 0 Å². The molecule has 0 bridgehead atoms. The molecule has 2 atom stereocenters. The highest BCUT2D eigenvalue weighted by molar-refractivity contribution is 5.97. The molecule has 0 radical (unpaired) electrons. The van der Waals surface area contributed by atoms with E-state index in [4.69, 9.17) is 18.9 Å². The first-order valence-electron chi connectivity index (χ1n) is 19.1. The number of rotatable bonds is 5. The highest BCUT2D eigenvalue weighted by Crippen LogP contribution is 2.22. The lowest BCUT2D eigenvalue weighted by atomic mass is 10.1. The quantitative estimate of drug-likeness (QED) is 0.352. The molecule has 1 aromatic carbocycles. The van der Waals surface area contributed by atoms with Gasteiger partial charge in [0, 0.05) is 50.8 Å². The standard InChI is InChI=1S/C25H35N5O5.C15H26N2O6/c1-24(2,3)34-22(32)29-12-13-30(23(33)35-25(4,5)6)20(16-29)21(31)27-19-9-7-8-18(14-19)15-28-11-10-26-17-28;1-14(2,3)22-12(20)16-7-8-17(10(9-16)11(18)19)13(21)23-15(4,5)6/h7-11,14,17,20H,12-13,15-16H2,1-6H3,(H,27,31);10H,7-9H2,1-6H3,(H,18,19). The molecule has 2 unspecified atom stereocenters. The van der Waals surface area contributed by atoms with Crippen LogP contribution >= 0.6 is 0 Å². The average Bonchev–Trinajstić information content (AvgIpc) is 3.58. The SMILES string of the molecule is CC(C)(C)OC(=O)N1CCN(C(=O)OC(C)(C)C)C(C(=O)Nc2cccc(Cn3ccnc3)c2)C1.CC(C)(C)OC(=O)N1CCN(C(=O)OC(C)(C)C)C(C(=O)O)C1. The van der Waals surface area contributed by atoms with Gasteiger partial charge in [0.2, 0.25) is 5.91 Å². The van der Waals surface area contributed by atoms with Crippen molar-refractivity contribution in [3.05, 3.63) is 48.5 Å². The number of nitrogens with zero attached hydrogens (tertiary/aromatic N) is 6. The van der Waals surface area contributed by atoms with E-state index >= 15 is 0 Å². The number of hydrogen-bond acceptors (Lipinski definition) is 11. The monoisotopic (exact) mass is 815 g/mol. The Balaban J connectivity index is 0.000000340. The fraction of sp³-hybridized carbons (Fsp3) is 0.625. The van der Waals surface area contributed by atoms with Gasteiger partial charge in [-0.3, -0.25) is 14.6 Å². The zero-order chi connectivity index (χ0) is 43.8. The molecule has 1 aromatic heterocycles. The number of carbonyl (C=O) groups excluding carboxylic acids is 5. The third-order valence-electron chi connectivity index (χ3n) is 8.03. The van der Waals surface area contributed by atoms with Crippen LogP contribution < -0.4 is 5.32 Å². The van der Waals surface area contributed by atoms with Gasteiger partial charge in [0.15, 0.2) is 6.04 Å². The van der Waals surface area contributed by atoms with Crippen molar-refractivity contribution in [2.24, 2.45) is 0 Å². The van der Waals surface area contributed by atoms with Crippen LogP contribution in [-0.2, 0) is 35.1 Å². The van der Waals surface area contributed by atoms with Gasteiger partial charge >= 0.3 is 30.3 Å². The van der Waals surface area contributed by atoms with Crippen molar-refractivity contribution < 1.29 is 52.8 Å². The molecule has 5 amide bonds. The Morgan fingerprint density at radius 3 is 1.55 bits per heavy atom. The Morgan fingerprint density at radius 2 is 1.12 bits per heavy atom. The fourth-order valence-corrected chi connectivity index (χ4v) is 5.63. The van der Waals surface area contributed by atoms with Gasteiger partial charge in [-0.2, -0.15) is 0 Å². The first-order chi connectivity index (χ1) is 26.6. The molecule has 2 fully saturated rings. The van der Waals surface area contributed by atoms with Gasteiger partial charge in [-0.15, -0.1) is 0 Å². The zero-order valence-corrected chi connectivity index (χ0v) is 35.9. The highest BCUT2D eigenvalue weighted by atomic mass is 16.6. The average molecular weight is 816 g/mol. The summed E-state index contributed by atoms with van der Waals surface area (Å²) < 4.78 is 23.4. The summed E-state index contributed by atoms with van der Waals surface area (Å²) in [5, 5.41) is 12.3. The number of amides is 5. The molecule has 2 aromatic rings. The number of nitrogens with one attached hydrogen (secondary N) is 1. The number of piperazine rings is 2. The van der Waals surface area contributed by atoms with Crippen LogP contribution in [0.2, 0.25) is 0 Å². The molecular formula is C40H61N7O11. The van der Waals surface area contributed by atoms with E-state index in [1.54, 1.807) is 102 Å². The number of imidazole rings is 1. The maximum Gasteiger partial charge on any atom is 0.411 e. The second kappa shape index (κ2) is 18.8. The maximum absolute atomic E-state index is 13.4. The molecule has 2 aliphatic heterocycles. The van der Waals surface area contributed by atoms with Crippen LogP contribution in [0.1, 0.15) is 88.6 Å². The summed E-state index contributed by atoms with van der Waals surface area (Å²) >= 11 is 0. The minimum absolute atomic E-state index is 0.00524. The summed E-state index contributed by atoms with van der Waals surface area (Å²) in [6.45, 7) is 22.1. The van der Waals surface area contributed by atoms with Crippen molar-refractivity contribution in [3.8, 4) is 0 Å². The smallest absolute Gasteiger partial charge is 0.411 e. The number of carboxylic acids is 1. The van der Waals surface area contributed by atoms with Crippen LogP contribution in [-0.4, -0.2) is 144 Å². The van der Waals surface area contributed by atoms with Crippen molar-refractivity contribution in [2.75, 3.05) is 44.6 Å². The first-order valence-corrected chi connectivity index (χ1v) is 19.1. The molecule has 4 rings (SSSR count). The molecule has 0 saturated carbocycles. The van der Waals surface area contributed by atoms with Gasteiger partial charge in [-0.1, -0.05) is 12.1 Å². The van der Waals surface area contributed by atoms with E-state index in [0.29, 0.717) is 12.2 Å². The van der Waals surface area contributed by atoms with Gasteiger partial charge in [0.05, 0.1) is 19.4 Å². The first kappa shape index (κ1) is 46.8. The van der Waals surface area contributed by atoms with Crippen LogP contribution in [0.4, 0.5) is 24.9 Å². The number of anilines is 1. The van der Waals surface area contributed by atoms with Gasteiger partial charge in [0.1, 0.15) is 28.4 Å². The molecule has 3 heterocycles. The summed E-state index contributed by atoms with van der Waals surface area (Å²) in [4.78, 5) is 83.9. The second-order valence-electron chi connectivity index (χ2n) is 18.0. The summed E-state index contributed by atoms with van der Waals surface area (Å²) in [5.41, 5.74) is -1.22. The lowest BCUT2D eigenvalue weighted by molar-refractivity contribution is -0.145. The third kappa shape index (κ3) is 15.4. The largest absolute Gasteiger partial charge is 0.480 e. The lowest BCUT2D eigenvalue weighted by Crippen LogP contribution is -2.61. The number of carboxylic acid groups (broad SMARTS) is 1. The minimum atomic E-state index is -1.19. The number of benzene rings is 1. The molecule has 18 heteroatoms. The molecule has 18 nitrogen and oxygen atoms in total. The molecule has 58 heavy (non-hydrogen) atoms. The molecular weight excluding hydrogens is 754 g/mol. The summed E-state index contributed by atoms with van der Waals surface area (Å²) in [5.74, 6) is -1.60.